The SMILES string of the molecule is O=C(OC(C(=O)NCc1ccc2c(c1)OCO2)c1ccncc1)c1cccs1. The molecule has 0 radical (unpaired) electrons. The first-order valence-electron chi connectivity index (χ1n) is 8.51. The molecule has 1 N–H and O–H groups in total. The fourth-order valence-corrected chi connectivity index (χ4v) is 3.31. The largest absolute Gasteiger partial charge is 0.454 e. The molecule has 142 valence electrons. The maximum atomic E-state index is 12.8. The molecule has 0 aliphatic carbocycles. The number of pyridine rings is 1. The molecule has 1 aliphatic rings. The molecule has 7 nitrogen and oxygen atoms in total. The predicted molar refractivity (Wildman–Crippen MR) is 101 cm³/mol. The summed E-state index contributed by atoms with van der Waals surface area (Å²) in [4.78, 5) is 29.5. The highest BCUT2D eigenvalue weighted by molar-refractivity contribution is 7.11. The van der Waals surface area contributed by atoms with Gasteiger partial charge in [0, 0.05) is 24.5 Å². The molecule has 0 saturated carbocycles. The minimum Gasteiger partial charge on any atom is -0.454 e. The number of hydrogen-bond acceptors (Lipinski definition) is 7. The highest BCUT2D eigenvalue weighted by Gasteiger charge is 2.26. The van der Waals surface area contributed by atoms with E-state index in [9.17, 15) is 9.59 Å². The summed E-state index contributed by atoms with van der Waals surface area (Å²) >= 11 is 1.26. The van der Waals surface area contributed by atoms with E-state index in [0.29, 0.717) is 21.9 Å². The minimum absolute atomic E-state index is 0.188. The molecule has 8 heteroatoms. The summed E-state index contributed by atoms with van der Waals surface area (Å²) < 4.78 is 16.1. The average Bonchev–Trinajstić information content (AvgIpc) is 3.42. The minimum atomic E-state index is -1.08. The molecule has 2 aromatic heterocycles. The molecule has 3 heterocycles. The Labute approximate surface area is 164 Å². The van der Waals surface area contributed by atoms with Crippen LogP contribution in [-0.2, 0) is 16.1 Å². The maximum absolute atomic E-state index is 12.8. The molecule has 1 aliphatic heterocycles. The van der Waals surface area contributed by atoms with E-state index in [0.717, 1.165) is 5.56 Å². The van der Waals surface area contributed by atoms with Crippen LogP contribution in [0.5, 0.6) is 11.5 Å². The van der Waals surface area contributed by atoms with Gasteiger partial charge in [0.1, 0.15) is 4.88 Å². The summed E-state index contributed by atoms with van der Waals surface area (Å²) in [7, 11) is 0. The molecule has 4 rings (SSSR count). The standard InChI is InChI=1S/C20H16N2O5S/c23-19(22-11-13-3-4-15-16(10-13)26-12-25-15)18(14-5-7-21-8-6-14)27-20(24)17-2-1-9-28-17/h1-10,18H,11-12H2,(H,22,23). The van der Waals surface area contributed by atoms with E-state index < -0.39 is 18.0 Å². The first kappa shape index (κ1) is 18.0. The average molecular weight is 396 g/mol. The highest BCUT2D eigenvalue weighted by atomic mass is 32.1. The molecule has 0 fully saturated rings. The van der Waals surface area contributed by atoms with Crippen LogP contribution < -0.4 is 14.8 Å². The van der Waals surface area contributed by atoms with Gasteiger partial charge in [-0.3, -0.25) is 9.78 Å². The van der Waals surface area contributed by atoms with Gasteiger partial charge in [-0.05, 0) is 41.3 Å². The summed E-state index contributed by atoms with van der Waals surface area (Å²) in [6, 6.07) is 12.1. The summed E-state index contributed by atoms with van der Waals surface area (Å²) in [5.41, 5.74) is 1.39. The van der Waals surface area contributed by atoms with Crippen molar-refractivity contribution in [2.24, 2.45) is 0 Å². The quantitative estimate of drug-likeness (QED) is 0.645. The van der Waals surface area contributed by atoms with Crippen molar-refractivity contribution in [2.45, 2.75) is 12.6 Å². The van der Waals surface area contributed by atoms with Crippen molar-refractivity contribution in [1.82, 2.24) is 10.3 Å². The number of nitrogens with zero attached hydrogens (tertiary/aromatic N) is 1. The molecule has 0 bridgehead atoms. The molecular weight excluding hydrogens is 380 g/mol. The second-order valence-electron chi connectivity index (χ2n) is 5.95. The molecule has 3 aromatic rings. The number of rotatable bonds is 6. The van der Waals surface area contributed by atoms with Crippen LogP contribution in [0.1, 0.15) is 26.9 Å². The lowest BCUT2D eigenvalue weighted by atomic mass is 10.1. The Hall–Kier alpha value is -3.39. The number of esters is 1. The van der Waals surface area contributed by atoms with Crippen LogP contribution in [-0.4, -0.2) is 23.7 Å². The van der Waals surface area contributed by atoms with Crippen molar-refractivity contribution >= 4 is 23.2 Å². The number of benzene rings is 1. The second kappa shape index (κ2) is 8.10. The lowest BCUT2D eigenvalue weighted by Gasteiger charge is -2.17. The van der Waals surface area contributed by atoms with E-state index in [1.165, 1.54) is 11.3 Å². The molecule has 1 unspecified atom stereocenters. The number of carbonyl (C=O) groups excluding carboxylic acids is 2. The first-order valence-corrected chi connectivity index (χ1v) is 9.39. The van der Waals surface area contributed by atoms with E-state index in [1.807, 2.05) is 12.1 Å². The zero-order valence-electron chi connectivity index (χ0n) is 14.7. The Morgan fingerprint density at radius 2 is 1.96 bits per heavy atom. The fourth-order valence-electron chi connectivity index (χ4n) is 2.70. The number of ether oxygens (including phenoxy) is 3. The zero-order valence-corrected chi connectivity index (χ0v) is 15.5. The molecule has 28 heavy (non-hydrogen) atoms. The number of carbonyl (C=O) groups is 2. The van der Waals surface area contributed by atoms with Crippen molar-refractivity contribution in [3.05, 3.63) is 76.2 Å². The monoisotopic (exact) mass is 396 g/mol. The van der Waals surface area contributed by atoms with Gasteiger partial charge >= 0.3 is 5.97 Å². The van der Waals surface area contributed by atoms with E-state index in [1.54, 1.807) is 48.1 Å². The summed E-state index contributed by atoms with van der Waals surface area (Å²) in [5.74, 6) is 0.347. The van der Waals surface area contributed by atoms with Crippen LogP contribution in [0.2, 0.25) is 0 Å². The highest BCUT2D eigenvalue weighted by Crippen LogP contribution is 2.32. The van der Waals surface area contributed by atoms with Crippen molar-refractivity contribution in [3.63, 3.8) is 0 Å². The molecule has 0 spiro atoms. The number of aromatic nitrogens is 1. The van der Waals surface area contributed by atoms with Crippen LogP contribution in [0.3, 0.4) is 0 Å². The lowest BCUT2D eigenvalue weighted by molar-refractivity contribution is -0.130. The van der Waals surface area contributed by atoms with E-state index in [2.05, 4.69) is 10.3 Å². The predicted octanol–water partition coefficient (Wildman–Crippen LogP) is 3.09. The molecule has 1 amide bonds. The van der Waals surface area contributed by atoms with Gasteiger partial charge in [0.2, 0.25) is 12.9 Å². The van der Waals surface area contributed by atoms with Crippen LogP contribution in [0.15, 0.2) is 60.2 Å². The van der Waals surface area contributed by atoms with Gasteiger partial charge in [-0.25, -0.2) is 4.79 Å². The van der Waals surface area contributed by atoms with E-state index in [4.69, 9.17) is 14.2 Å². The fraction of sp³-hybridized carbons (Fsp3) is 0.150. The van der Waals surface area contributed by atoms with Crippen LogP contribution in [0.25, 0.3) is 0 Å². The Kier molecular flexibility index (Phi) is 5.20. The van der Waals surface area contributed by atoms with Crippen LogP contribution in [0.4, 0.5) is 0 Å². The van der Waals surface area contributed by atoms with Crippen molar-refractivity contribution in [2.75, 3.05) is 6.79 Å². The van der Waals surface area contributed by atoms with Gasteiger partial charge in [0.25, 0.3) is 5.91 Å². The Morgan fingerprint density at radius 3 is 2.75 bits per heavy atom. The third-order valence-electron chi connectivity index (χ3n) is 4.10. The van der Waals surface area contributed by atoms with Gasteiger partial charge in [-0.1, -0.05) is 12.1 Å². The summed E-state index contributed by atoms with van der Waals surface area (Å²) in [6.07, 6.45) is 2.02. The van der Waals surface area contributed by atoms with Gasteiger partial charge < -0.3 is 19.5 Å². The summed E-state index contributed by atoms with van der Waals surface area (Å²) in [6.45, 7) is 0.446. The van der Waals surface area contributed by atoms with Crippen molar-refractivity contribution in [1.29, 1.82) is 0 Å². The smallest absolute Gasteiger partial charge is 0.349 e. The number of amides is 1. The number of nitrogens with one attached hydrogen (secondary N) is 1. The molecule has 0 saturated heterocycles. The van der Waals surface area contributed by atoms with Gasteiger partial charge in [-0.15, -0.1) is 11.3 Å². The third kappa shape index (κ3) is 3.96. The molecule has 1 aromatic carbocycles. The van der Waals surface area contributed by atoms with Gasteiger partial charge in [0.15, 0.2) is 11.5 Å². The van der Waals surface area contributed by atoms with Crippen LogP contribution >= 0.6 is 11.3 Å². The Bertz CT molecular complexity index is 976. The molecule has 1 atom stereocenters. The first-order chi connectivity index (χ1) is 13.7. The van der Waals surface area contributed by atoms with Crippen molar-refractivity contribution < 1.29 is 23.8 Å². The van der Waals surface area contributed by atoms with E-state index >= 15 is 0 Å². The molecular formula is C20H16N2O5S. The number of thiophene rings is 1. The van der Waals surface area contributed by atoms with Crippen molar-refractivity contribution in [3.8, 4) is 11.5 Å². The maximum Gasteiger partial charge on any atom is 0.349 e. The second-order valence-corrected chi connectivity index (χ2v) is 6.90. The normalized spacial score (nSPS) is 13.0. The topological polar surface area (TPSA) is 86.8 Å². The zero-order chi connectivity index (χ0) is 19.3. The lowest BCUT2D eigenvalue weighted by Crippen LogP contribution is -2.31. The number of fused-ring (bicyclic) bond motifs is 1. The Morgan fingerprint density at radius 1 is 1.14 bits per heavy atom. The van der Waals surface area contributed by atoms with Gasteiger partial charge in [-0.2, -0.15) is 0 Å². The van der Waals surface area contributed by atoms with Crippen LogP contribution in [0, 0.1) is 0 Å². The number of hydrogen-bond donors (Lipinski definition) is 1. The summed E-state index contributed by atoms with van der Waals surface area (Å²) in [5, 5.41) is 4.59. The Balaban J connectivity index is 1.47. The van der Waals surface area contributed by atoms with Gasteiger partial charge in [0.05, 0.1) is 0 Å². The van der Waals surface area contributed by atoms with E-state index in [-0.39, 0.29) is 13.3 Å². The third-order valence-corrected chi connectivity index (χ3v) is 4.95.